The average Bonchev–Trinajstić information content (AvgIpc) is 2.80. The third-order valence-electron chi connectivity index (χ3n) is 3.23. The first kappa shape index (κ1) is 14.9. The zero-order valence-electron chi connectivity index (χ0n) is 11.0. The van der Waals surface area contributed by atoms with Gasteiger partial charge in [0.1, 0.15) is 0 Å². The predicted molar refractivity (Wildman–Crippen MR) is 73.3 cm³/mol. The van der Waals surface area contributed by atoms with Gasteiger partial charge in [-0.05, 0) is 38.8 Å². The van der Waals surface area contributed by atoms with Crippen LogP contribution in [0.15, 0.2) is 25.3 Å². The van der Waals surface area contributed by atoms with Crippen LogP contribution < -0.4 is 5.32 Å². The second-order valence-corrected chi connectivity index (χ2v) is 4.97. The standard InChI is InChI=1S/C14H24N2O2/c1-3-7-14(18,8-4-2)12-15-13(17)11-16-9-5-6-10-16/h3-4,18H,1-2,5-12H2,(H,15,17). The van der Waals surface area contributed by atoms with Crippen LogP contribution >= 0.6 is 0 Å². The first-order valence-corrected chi connectivity index (χ1v) is 6.53. The van der Waals surface area contributed by atoms with Crippen LogP contribution in [0.5, 0.6) is 0 Å². The number of carbonyl (C=O) groups excluding carboxylic acids is 1. The van der Waals surface area contributed by atoms with Crippen LogP contribution in [0.2, 0.25) is 0 Å². The van der Waals surface area contributed by atoms with Gasteiger partial charge in [0.25, 0.3) is 0 Å². The van der Waals surface area contributed by atoms with E-state index < -0.39 is 5.60 Å². The molecule has 1 fully saturated rings. The number of hydrogen-bond donors (Lipinski definition) is 2. The molecule has 0 aromatic heterocycles. The highest BCUT2D eigenvalue weighted by atomic mass is 16.3. The van der Waals surface area contributed by atoms with Crippen molar-refractivity contribution in [1.29, 1.82) is 0 Å². The molecule has 0 aromatic rings. The van der Waals surface area contributed by atoms with E-state index in [1.807, 2.05) is 0 Å². The van der Waals surface area contributed by atoms with Crippen molar-refractivity contribution < 1.29 is 9.90 Å². The predicted octanol–water partition coefficient (Wildman–Crippen LogP) is 1.08. The lowest BCUT2D eigenvalue weighted by molar-refractivity contribution is -0.123. The average molecular weight is 252 g/mol. The first-order valence-electron chi connectivity index (χ1n) is 6.53. The van der Waals surface area contributed by atoms with E-state index in [0.29, 0.717) is 19.4 Å². The lowest BCUT2D eigenvalue weighted by atomic mass is 9.95. The van der Waals surface area contributed by atoms with E-state index in [0.717, 1.165) is 13.1 Å². The van der Waals surface area contributed by atoms with Crippen LogP contribution in [-0.2, 0) is 4.79 Å². The Balaban J connectivity index is 2.33. The van der Waals surface area contributed by atoms with Crippen LogP contribution in [-0.4, -0.2) is 47.7 Å². The summed E-state index contributed by atoms with van der Waals surface area (Å²) >= 11 is 0. The Morgan fingerprint density at radius 1 is 1.28 bits per heavy atom. The third kappa shape index (κ3) is 5.02. The highest BCUT2D eigenvalue weighted by molar-refractivity contribution is 5.78. The van der Waals surface area contributed by atoms with E-state index in [-0.39, 0.29) is 12.5 Å². The van der Waals surface area contributed by atoms with Gasteiger partial charge in [-0.1, -0.05) is 12.2 Å². The summed E-state index contributed by atoms with van der Waals surface area (Å²) in [5.74, 6) is -0.0246. The Morgan fingerprint density at radius 2 is 1.83 bits per heavy atom. The van der Waals surface area contributed by atoms with Gasteiger partial charge in [-0.2, -0.15) is 0 Å². The van der Waals surface area contributed by atoms with Gasteiger partial charge >= 0.3 is 0 Å². The van der Waals surface area contributed by atoms with E-state index in [2.05, 4.69) is 23.4 Å². The molecule has 4 heteroatoms. The van der Waals surface area contributed by atoms with E-state index in [4.69, 9.17) is 0 Å². The maximum atomic E-state index is 11.7. The topological polar surface area (TPSA) is 52.6 Å². The van der Waals surface area contributed by atoms with E-state index in [1.165, 1.54) is 12.8 Å². The van der Waals surface area contributed by atoms with Gasteiger partial charge in [0, 0.05) is 6.54 Å². The number of carbonyl (C=O) groups is 1. The summed E-state index contributed by atoms with van der Waals surface area (Å²) in [5, 5.41) is 13.0. The van der Waals surface area contributed by atoms with Gasteiger partial charge in [0.05, 0.1) is 12.1 Å². The monoisotopic (exact) mass is 252 g/mol. The normalized spacial score (nSPS) is 16.5. The van der Waals surface area contributed by atoms with Gasteiger partial charge in [0.15, 0.2) is 0 Å². The fourth-order valence-corrected chi connectivity index (χ4v) is 2.23. The minimum Gasteiger partial charge on any atom is -0.387 e. The number of nitrogens with one attached hydrogen (secondary N) is 1. The van der Waals surface area contributed by atoms with Crippen molar-refractivity contribution in [2.75, 3.05) is 26.2 Å². The van der Waals surface area contributed by atoms with Gasteiger partial charge in [0.2, 0.25) is 5.91 Å². The Hall–Kier alpha value is -1.13. The maximum absolute atomic E-state index is 11.7. The van der Waals surface area contributed by atoms with Gasteiger partial charge < -0.3 is 10.4 Å². The molecule has 0 unspecified atom stereocenters. The second kappa shape index (κ2) is 7.34. The molecule has 0 spiro atoms. The molecule has 102 valence electrons. The third-order valence-corrected chi connectivity index (χ3v) is 3.23. The van der Waals surface area contributed by atoms with Crippen LogP contribution in [0.4, 0.5) is 0 Å². The molecule has 18 heavy (non-hydrogen) atoms. The number of aliphatic hydroxyl groups is 1. The summed E-state index contributed by atoms with van der Waals surface area (Å²) in [5.41, 5.74) is -0.954. The molecule has 2 N–H and O–H groups in total. The Labute approximate surface area is 109 Å². The molecule has 0 bridgehead atoms. The molecule has 1 aliphatic rings. The van der Waals surface area contributed by atoms with E-state index in [9.17, 15) is 9.90 Å². The highest BCUT2D eigenvalue weighted by Crippen LogP contribution is 2.15. The zero-order valence-corrected chi connectivity index (χ0v) is 11.0. The number of nitrogens with zero attached hydrogens (tertiary/aromatic N) is 1. The molecule has 0 aromatic carbocycles. The van der Waals surface area contributed by atoms with Gasteiger partial charge in [-0.15, -0.1) is 13.2 Å². The molecule has 1 heterocycles. The molecule has 0 saturated carbocycles. The quantitative estimate of drug-likeness (QED) is 0.636. The van der Waals surface area contributed by atoms with Crippen LogP contribution in [0, 0.1) is 0 Å². The maximum Gasteiger partial charge on any atom is 0.234 e. The molecule has 1 amide bonds. The molecule has 0 aliphatic carbocycles. The molecule has 1 rings (SSSR count). The van der Waals surface area contributed by atoms with E-state index >= 15 is 0 Å². The Kier molecular flexibility index (Phi) is 6.09. The summed E-state index contributed by atoms with van der Waals surface area (Å²) in [6, 6.07) is 0. The smallest absolute Gasteiger partial charge is 0.234 e. The van der Waals surface area contributed by atoms with Crippen molar-refractivity contribution in [1.82, 2.24) is 10.2 Å². The largest absolute Gasteiger partial charge is 0.387 e. The molecule has 0 radical (unpaired) electrons. The lowest BCUT2D eigenvalue weighted by Crippen LogP contribution is -2.45. The minimum atomic E-state index is -0.954. The van der Waals surface area contributed by atoms with Gasteiger partial charge in [-0.3, -0.25) is 9.69 Å². The molecule has 0 atom stereocenters. The summed E-state index contributed by atoms with van der Waals surface area (Å²) in [4.78, 5) is 13.9. The van der Waals surface area contributed by atoms with Crippen LogP contribution in [0.25, 0.3) is 0 Å². The Morgan fingerprint density at radius 3 is 2.33 bits per heavy atom. The molecule has 1 aliphatic heterocycles. The van der Waals surface area contributed by atoms with Crippen LogP contribution in [0.1, 0.15) is 25.7 Å². The van der Waals surface area contributed by atoms with Crippen molar-refractivity contribution in [3.05, 3.63) is 25.3 Å². The molecule has 4 nitrogen and oxygen atoms in total. The summed E-state index contributed by atoms with van der Waals surface area (Å²) in [6.07, 6.45) is 6.56. The fraction of sp³-hybridized carbons (Fsp3) is 0.643. The number of hydrogen-bond acceptors (Lipinski definition) is 3. The van der Waals surface area contributed by atoms with Crippen molar-refractivity contribution in [3.8, 4) is 0 Å². The number of amides is 1. The van der Waals surface area contributed by atoms with Crippen molar-refractivity contribution >= 4 is 5.91 Å². The summed E-state index contributed by atoms with van der Waals surface area (Å²) in [7, 11) is 0. The SMILES string of the molecule is C=CCC(O)(CC=C)CNC(=O)CN1CCCC1. The fourth-order valence-electron chi connectivity index (χ4n) is 2.23. The molecular weight excluding hydrogens is 228 g/mol. The van der Waals surface area contributed by atoms with Crippen molar-refractivity contribution in [2.24, 2.45) is 0 Å². The number of rotatable bonds is 8. The Bertz CT molecular complexity index is 286. The lowest BCUT2D eigenvalue weighted by Gasteiger charge is -2.26. The molecule has 1 saturated heterocycles. The van der Waals surface area contributed by atoms with Crippen molar-refractivity contribution in [3.63, 3.8) is 0 Å². The number of likely N-dealkylation sites (tertiary alicyclic amines) is 1. The highest BCUT2D eigenvalue weighted by Gasteiger charge is 2.25. The molecular formula is C14H24N2O2. The summed E-state index contributed by atoms with van der Waals surface area (Å²) < 4.78 is 0. The zero-order chi connectivity index (χ0) is 13.4. The van der Waals surface area contributed by atoms with Crippen molar-refractivity contribution in [2.45, 2.75) is 31.3 Å². The summed E-state index contributed by atoms with van der Waals surface area (Å²) in [6.45, 7) is 9.92. The van der Waals surface area contributed by atoms with Crippen LogP contribution in [0.3, 0.4) is 0 Å². The first-order chi connectivity index (χ1) is 8.59. The van der Waals surface area contributed by atoms with E-state index in [1.54, 1.807) is 12.2 Å². The second-order valence-electron chi connectivity index (χ2n) is 4.97. The minimum absolute atomic E-state index is 0.0246. The van der Waals surface area contributed by atoms with Gasteiger partial charge in [-0.25, -0.2) is 0 Å².